The Hall–Kier alpha value is -1.26. The second-order valence-corrected chi connectivity index (χ2v) is 4.28. The van der Waals surface area contributed by atoms with Crippen molar-refractivity contribution in [2.24, 2.45) is 0 Å². The highest BCUT2D eigenvalue weighted by molar-refractivity contribution is 6.42. The van der Waals surface area contributed by atoms with Gasteiger partial charge >= 0.3 is 0 Å². The van der Waals surface area contributed by atoms with E-state index >= 15 is 0 Å². The van der Waals surface area contributed by atoms with Crippen molar-refractivity contribution in [3.05, 3.63) is 39.5 Å². The Bertz CT molecular complexity index is 522. The van der Waals surface area contributed by atoms with Gasteiger partial charge in [-0.25, -0.2) is 4.68 Å². The summed E-state index contributed by atoms with van der Waals surface area (Å²) in [6, 6.07) is 5.46. The first-order valence-corrected chi connectivity index (χ1v) is 5.43. The molecule has 0 aliphatic heterocycles. The van der Waals surface area contributed by atoms with Gasteiger partial charge in [0.2, 0.25) is 0 Å². The molecule has 84 valence electrons. The first kappa shape index (κ1) is 11.2. The van der Waals surface area contributed by atoms with Gasteiger partial charge in [-0.1, -0.05) is 34.5 Å². The fourth-order valence-electron chi connectivity index (χ4n) is 1.33. The van der Waals surface area contributed by atoms with Gasteiger partial charge in [0.15, 0.2) is 5.82 Å². The van der Waals surface area contributed by atoms with Crippen molar-refractivity contribution in [2.45, 2.75) is 13.5 Å². The van der Waals surface area contributed by atoms with E-state index in [1.807, 2.05) is 13.0 Å². The molecule has 0 amide bonds. The largest absolute Gasteiger partial charge is 0.381 e. The van der Waals surface area contributed by atoms with Crippen LogP contribution in [0.15, 0.2) is 18.2 Å². The summed E-state index contributed by atoms with van der Waals surface area (Å²) in [7, 11) is 0. The van der Waals surface area contributed by atoms with Gasteiger partial charge < -0.3 is 5.73 Å². The molecule has 0 saturated carbocycles. The lowest BCUT2D eigenvalue weighted by Gasteiger charge is -2.04. The van der Waals surface area contributed by atoms with Gasteiger partial charge in [-0.2, -0.15) is 0 Å². The summed E-state index contributed by atoms with van der Waals surface area (Å²) in [4.78, 5) is 0. The Balaban J connectivity index is 2.27. The summed E-state index contributed by atoms with van der Waals surface area (Å²) in [5.41, 5.74) is 7.45. The van der Waals surface area contributed by atoms with Crippen LogP contribution < -0.4 is 5.73 Å². The third-order valence-corrected chi connectivity index (χ3v) is 3.07. The molecule has 1 aromatic carbocycles. The molecule has 2 rings (SSSR count). The van der Waals surface area contributed by atoms with Crippen LogP contribution in [0.25, 0.3) is 0 Å². The summed E-state index contributed by atoms with van der Waals surface area (Å²) >= 11 is 11.8. The van der Waals surface area contributed by atoms with E-state index in [9.17, 15) is 0 Å². The predicted octanol–water partition coefficient (Wildman–Crippen LogP) is 2.52. The third kappa shape index (κ3) is 2.13. The van der Waals surface area contributed by atoms with Crippen LogP contribution in [0, 0.1) is 6.92 Å². The smallest absolute Gasteiger partial charge is 0.168 e. The number of aromatic nitrogens is 3. The number of hydrogen-bond donors (Lipinski definition) is 1. The maximum absolute atomic E-state index is 5.92. The molecule has 0 fully saturated rings. The lowest BCUT2D eigenvalue weighted by molar-refractivity contribution is 0.633. The number of nitrogens with zero attached hydrogens (tertiary/aromatic N) is 3. The quantitative estimate of drug-likeness (QED) is 0.899. The zero-order valence-corrected chi connectivity index (χ0v) is 10.1. The van der Waals surface area contributed by atoms with E-state index in [-0.39, 0.29) is 0 Å². The standard InChI is InChI=1S/C10H10Cl2N4/c1-6-10(13)14-15-16(6)5-7-2-3-8(11)9(12)4-7/h2-4H,5,13H2,1H3. The summed E-state index contributed by atoms with van der Waals surface area (Å²) in [6.07, 6.45) is 0. The van der Waals surface area contributed by atoms with E-state index in [4.69, 9.17) is 28.9 Å². The van der Waals surface area contributed by atoms with Gasteiger partial charge in [0.05, 0.1) is 22.3 Å². The lowest BCUT2D eigenvalue weighted by Crippen LogP contribution is -2.04. The van der Waals surface area contributed by atoms with Crippen LogP contribution in [-0.2, 0) is 6.54 Å². The molecule has 0 aliphatic rings. The first-order chi connectivity index (χ1) is 7.58. The Labute approximate surface area is 103 Å². The Kier molecular flexibility index (Phi) is 3.03. The maximum Gasteiger partial charge on any atom is 0.168 e. The Morgan fingerprint density at radius 3 is 2.62 bits per heavy atom. The van der Waals surface area contributed by atoms with Crippen molar-refractivity contribution in [1.82, 2.24) is 15.0 Å². The summed E-state index contributed by atoms with van der Waals surface area (Å²) in [5.74, 6) is 0.445. The maximum atomic E-state index is 5.92. The molecule has 2 aromatic rings. The number of anilines is 1. The van der Waals surface area contributed by atoms with Gasteiger partial charge in [0.1, 0.15) is 0 Å². The van der Waals surface area contributed by atoms with Crippen LogP contribution in [-0.4, -0.2) is 15.0 Å². The van der Waals surface area contributed by atoms with Gasteiger partial charge in [-0.3, -0.25) is 0 Å². The van der Waals surface area contributed by atoms with E-state index in [1.54, 1.807) is 16.8 Å². The number of benzene rings is 1. The average molecular weight is 257 g/mol. The number of rotatable bonds is 2. The lowest BCUT2D eigenvalue weighted by atomic mass is 10.2. The fraction of sp³-hybridized carbons (Fsp3) is 0.200. The van der Waals surface area contributed by atoms with Crippen LogP contribution >= 0.6 is 23.2 Å². The van der Waals surface area contributed by atoms with Crippen molar-refractivity contribution >= 4 is 29.0 Å². The zero-order valence-electron chi connectivity index (χ0n) is 8.61. The number of hydrogen-bond acceptors (Lipinski definition) is 3. The van der Waals surface area contributed by atoms with Crippen LogP contribution in [0.2, 0.25) is 10.0 Å². The van der Waals surface area contributed by atoms with Crippen molar-refractivity contribution in [3.8, 4) is 0 Å². The zero-order chi connectivity index (χ0) is 11.7. The SMILES string of the molecule is Cc1c(N)nnn1Cc1ccc(Cl)c(Cl)c1. The van der Waals surface area contributed by atoms with E-state index < -0.39 is 0 Å². The minimum Gasteiger partial charge on any atom is -0.381 e. The monoisotopic (exact) mass is 256 g/mol. The third-order valence-electron chi connectivity index (χ3n) is 2.33. The summed E-state index contributed by atoms with van der Waals surface area (Å²) < 4.78 is 1.72. The van der Waals surface area contributed by atoms with Gasteiger partial charge in [-0.15, -0.1) is 5.10 Å². The molecule has 6 heteroatoms. The van der Waals surface area contributed by atoms with E-state index in [0.29, 0.717) is 22.4 Å². The second-order valence-electron chi connectivity index (χ2n) is 3.47. The molecule has 0 unspecified atom stereocenters. The molecular formula is C10H10Cl2N4. The van der Waals surface area contributed by atoms with Gasteiger partial charge in [-0.05, 0) is 24.6 Å². The fourth-order valence-corrected chi connectivity index (χ4v) is 1.66. The molecule has 4 nitrogen and oxygen atoms in total. The molecule has 0 aliphatic carbocycles. The van der Waals surface area contributed by atoms with Crippen LogP contribution in [0.5, 0.6) is 0 Å². The number of halogens is 2. The average Bonchev–Trinajstić information content (AvgIpc) is 2.55. The molecule has 0 radical (unpaired) electrons. The second kappa shape index (κ2) is 4.31. The van der Waals surface area contributed by atoms with Crippen molar-refractivity contribution < 1.29 is 0 Å². The minimum absolute atomic E-state index is 0.445. The number of nitrogens with two attached hydrogens (primary N) is 1. The minimum atomic E-state index is 0.445. The normalized spacial score (nSPS) is 10.7. The van der Waals surface area contributed by atoms with E-state index in [1.165, 1.54) is 0 Å². The van der Waals surface area contributed by atoms with Crippen LogP contribution in [0.4, 0.5) is 5.82 Å². The van der Waals surface area contributed by atoms with Gasteiger partial charge in [0.25, 0.3) is 0 Å². The molecule has 2 N–H and O–H groups in total. The van der Waals surface area contributed by atoms with Crippen molar-refractivity contribution in [2.75, 3.05) is 5.73 Å². The molecule has 16 heavy (non-hydrogen) atoms. The molecule has 1 heterocycles. The highest BCUT2D eigenvalue weighted by atomic mass is 35.5. The summed E-state index contributed by atoms with van der Waals surface area (Å²) in [5, 5.41) is 8.79. The highest BCUT2D eigenvalue weighted by Crippen LogP contribution is 2.23. The van der Waals surface area contributed by atoms with E-state index in [0.717, 1.165) is 11.3 Å². The number of nitrogen functional groups attached to an aromatic ring is 1. The first-order valence-electron chi connectivity index (χ1n) is 4.67. The Morgan fingerprint density at radius 1 is 1.31 bits per heavy atom. The molecular weight excluding hydrogens is 247 g/mol. The molecule has 0 spiro atoms. The topological polar surface area (TPSA) is 56.7 Å². The molecule has 1 aromatic heterocycles. The highest BCUT2D eigenvalue weighted by Gasteiger charge is 2.06. The molecule has 0 atom stereocenters. The van der Waals surface area contributed by atoms with Crippen molar-refractivity contribution in [3.63, 3.8) is 0 Å². The Morgan fingerprint density at radius 2 is 2.06 bits per heavy atom. The van der Waals surface area contributed by atoms with Crippen LogP contribution in [0.1, 0.15) is 11.3 Å². The molecule has 0 bridgehead atoms. The molecule has 0 saturated heterocycles. The predicted molar refractivity (Wildman–Crippen MR) is 64.7 cm³/mol. The van der Waals surface area contributed by atoms with Crippen LogP contribution in [0.3, 0.4) is 0 Å². The summed E-state index contributed by atoms with van der Waals surface area (Å²) in [6.45, 7) is 2.44. The van der Waals surface area contributed by atoms with Crippen molar-refractivity contribution in [1.29, 1.82) is 0 Å². The van der Waals surface area contributed by atoms with Gasteiger partial charge in [0, 0.05) is 0 Å². The van der Waals surface area contributed by atoms with E-state index in [2.05, 4.69) is 10.3 Å².